The molecular formula is C52H53ClN4O7. The maximum atomic E-state index is 14.3. The summed E-state index contributed by atoms with van der Waals surface area (Å²) in [7, 11) is 0. The lowest BCUT2D eigenvalue weighted by atomic mass is 9.88. The number of carboxylic acid groups (broad SMARTS) is 1. The molecule has 64 heavy (non-hydrogen) atoms. The number of urea groups is 1. The normalized spacial score (nSPS) is 18.7. The number of allylic oxidation sites excluding steroid dienone is 3. The van der Waals surface area contributed by atoms with Crippen molar-refractivity contribution in [3.8, 4) is 22.6 Å². The molecule has 1 unspecified atom stereocenters. The van der Waals surface area contributed by atoms with Crippen molar-refractivity contribution in [2.24, 2.45) is 5.92 Å². The SMILES string of the molecule is Cc1cc(Cl)cc(COC2=CC=C([C@H]3COc4cc5c(cc4O3)CN(C(=O)N[C@H](C)c3ccccc3)[C@H](C(=O)N[C@@H](Cc3ccc(-c4ccnc(C)c4C)cc3)C(=O)O)C5)C(C)C2)c1. The van der Waals surface area contributed by atoms with Gasteiger partial charge in [0, 0.05) is 42.7 Å². The lowest BCUT2D eigenvalue weighted by Crippen LogP contribution is -2.57. The molecule has 3 N–H and O–H groups in total. The molecule has 0 saturated heterocycles. The van der Waals surface area contributed by atoms with E-state index in [9.17, 15) is 19.5 Å². The van der Waals surface area contributed by atoms with Crippen LogP contribution in [0.25, 0.3) is 11.1 Å². The fraction of sp³-hybridized carbons (Fsp3) is 0.308. The van der Waals surface area contributed by atoms with Crippen LogP contribution in [0, 0.1) is 26.7 Å². The van der Waals surface area contributed by atoms with Gasteiger partial charge in [-0.05, 0) is 126 Å². The van der Waals surface area contributed by atoms with E-state index in [0.29, 0.717) is 36.2 Å². The van der Waals surface area contributed by atoms with E-state index in [1.54, 1.807) is 6.20 Å². The number of fused-ring (bicyclic) bond motifs is 2. The molecule has 1 aliphatic carbocycles. The molecule has 3 heterocycles. The van der Waals surface area contributed by atoms with Crippen LogP contribution in [0.5, 0.6) is 11.5 Å². The molecule has 2 aliphatic heterocycles. The predicted octanol–water partition coefficient (Wildman–Crippen LogP) is 9.54. The van der Waals surface area contributed by atoms with Gasteiger partial charge in [0.25, 0.3) is 0 Å². The summed E-state index contributed by atoms with van der Waals surface area (Å²) in [5, 5.41) is 16.9. The Bertz CT molecular complexity index is 2610. The average molecular weight is 881 g/mol. The Balaban J connectivity index is 0.995. The van der Waals surface area contributed by atoms with Crippen LogP contribution in [0.4, 0.5) is 4.79 Å². The smallest absolute Gasteiger partial charge is 0.326 e. The van der Waals surface area contributed by atoms with E-state index >= 15 is 0 Å². The summed E-state index contributed by atoms with van der Waals surface area (Å²) in [5.41, 5.74) is 10.5. The number of carbonyl (C=O) groups is 3. The number of pyridine rings is 1. The number of nitrogens with zero attached hydrogens (tertiary/aromatic N) is 2. The lowest BCUT2D eigenvalue weighted by Gasteiger charge is -2.38. The van der Waals surface area contributed by atoms with Crippen molar-refractivity contribution in [2.45, 2.75) is 91.3 Å². The third kappa shape index (κ3) is 9.95. The van der Waals surface area contributed by atoms with Crippen LogP contribution in [0.2, 0.25) is 5.02 Å². The lowest BCUT2D eigenvalue weighted by molar-refractivity contribution is -0.142. The highest BCUT2D eigenvalue weighted by Gasteiger charge is 2.39. The first-order chi connectivity index (χ1) is 30.8. The highest BCUT2D eigenvalue weighted by molar-refractivity contribution is 6.30. The topological polar surface area (TPSA) is 139 Å². The molecular weight excluding hydrogens is 828 g/mol. The maximum absolute atomic E-state index is 14.3. The highest BCUT2D eigenvalue weighted by atomic mass is 35.5. The molecule has 0 fully saturated rings. The van der Waals surface area contributed by atoms with Gasteiger partial charge in [-0.1, -0.05) is 85.3 Å². The Morgan fingerprint density at radius 2 is 1.67 bits per heavy atom. The second kappa shape index (κ2) is 19.0. The minimum absolute atomic E-state index is 0.0536. The van der Waals surface area contributed by atoms with Crippen molar-refractivity contribution < 1.29 is 33.7 Å². The second-order valence-electron chi connectivity index (χ2n) is 17.1. The minimum atomic E-state index is -1.24. The predicted molar refractivity (Wildman–Crippen MR) is 246 cm³/mol. The number of nitrogens with one attached hydrogen (secondary N) is 2. The number of hydrogen-bond donors (Lipinski definition) is 3. The van der Waals surface area contributed by atoms with Gasteiger partial charge in [0.2, 0.25) is 5.91 Å². The van der Waals surface area contributed by atoms with Crippen molar-refractivity contribution in [3.05, 3.63) is 170 Å². The molecule has 5 aromatic rings. The summed E-state index contributed by atoms with van der Waals surface area (Å²) in [6, 6.07) is 25.8. The molecule has 0 saturated carbocycles. The molecule has 8 rings (SSSR count). The standard InChI is InChI=1S/C52H53ClN4O7/c1-30-19-36(22-41(53)20-30)28-62-42-15-16-43(31(2)21-42)49-29-63-47-25-39-24-46(57(27-40(39)26-48(47)64-49)52(61)55-34(5)37-9-7-6-8-10-37)50(58)56-45(51(59)60)23-35-11-13-38(14-12-35)44-17-18-54-33(4)32(44)3/h6-20,22,25-26,31,34,45-46,49H,21,23-24,27-29H2,1-5H3,(H,55,61)(H,56,58)(H,59,60)/t31?,34-,45+,46+,49-/m1/s1. The Hall–Kier alpha value is -6.59. The largest absolute Gasteiger partial charge is 0.493 e. The first-order valence-electron chi connectivity index (χ1n) is 21.7. The van der Waals surface area contributed by atoms with Gasteiger partial charge in [-0.3, -0.25) is 9.78 Å². The number of aromatic nitrogens is 1. The second-order valence-corrected chi connectivity index (χ2v) is 17.6. The molecule has 330 valence electrons. The van der Waals surface area contributed by atoms with E-state index in [0.717, 1.165) is 67.1 Å². The van der Waals surface area contributed by atoms with Crippen LogP contribution in [-0.2, 0) is 40.3 Å². The number of carbonyl (C=O) groups excluding carboxylic acids is 2. The zero-order valence-corrected chi connectivity index (χ0v) is 37.4. The van der Waals surface area contributed by atoms with Crippen molar-refractivity contribution in [3.63, 3.8) is 0 Å². The molecule has 1 aromatic heterocycles. The summed E-state index contributed by atoms with van der Waals surface area (Å²) >= 11 is 6.26. The third-order valence-electron chi connectivity index (χ3n) is 12.5. The molecule has 0 bridgehead atoms. The molecule has 3 aliphatic rings. The quantitative estimate of drug-likeness (QED) is 0.113. The van der Waals surface area contributed by atoms with E-state index < -0.39 is 30.0 Å². The molecule has 5 atom stereocenters. The average Bonchev–Trinajstić information content (AvgIpc) is 3.28. The van der Waals surface area contributed by atoms with Crippen molar-refractivity contribution in [2.75, 3.05) is 6.61 Å². The highest BCUT2D eigenvalue weighted by Crippen LogP contribution is 2.41. The van der Waals surface area contributed by atoms with Gasteiger partial charge >= 0.3 is 12.0 Å². The number of rotatable bonds is 12. The zero-order chi connectivity index (χ0) is 45.1. The summed E-state index contributed by atoms with van der Waals surface area (Å²) in [6.45, 7) is 10.8. The molecule has 12 heteroatoms. The van der Waals surface area contributed by atoms with Crippen LogP contribution in [0.15, 0.2) is 121 Å². The van der Waals surface area contributed by atoms with E-state index in [-0.39, 0.29) is 37.5 Å². The fourth-order valence-corrected chi connectivity index (χ4v) is 9.09. The Morgan fingerprint density at radius 3 is 2.41 bits per heavy atom. The molecule has 3 amide bonds. The maximum Gasteiger partial charge on any atom is 0.326 e. The third-order valence-corrected chi connectivity index (χ3v) is 12.7. The Labute approximate surface area is 379 Å². The van der Waals surface area contributed by atoms with Gasteiger partial charge in [0.15, 0.2) is 17.6 Å². The first-order valence-corrected chi connectivity index (χ1v) is 22.1. The number of hydrogen-bond acceptors (Lipinski definition) is 7. The molecule has 0 spiro atoms. The van der Waals surface area contributed by atoms with Crippen molar-refractivity contribution in [1.29, 1.82) is 0 Å². The van der Waals surface area contributed by atoms with Crippen LogP contribution >= 0.6 is 11.6 Å². The van der Waals surface area contributed by atoms with Crippen LogP contribution < -0.4 is 20.1 Å². The van der Waals surface area contributed by atoms with Gasteiger partial charge in [0.05, 0.1) is 11.8 Å². The van der Waals surface area contributed by atoms with Crippen molar-refractivity contribution in [1.82, 2.24) is 20.5 Å². The Morgan fingerprint density at radius 1 is 0.906 bits per heavy atom. The molecule has 0 radical (unpaired) electrons. The first kappa shape index (κ1) is 44.0. The molecule has 11 nitrogen and oxygen atoms in total. The summed E-state index contributed by atoms with van der Waals surface area (Å²) in [6.07, 6.45) is 6.38. The number of aryl methyl sites for hydroxylation is 2. The van der Waals surface area contributed by atoms with Crippen LogP contribution in [0.3, 0.4) is 0 Å². The number of ether oxygens (including phenoxy) is 3. The van der Waals surface area contributed by atoms with Gasteiger partial charge in [0.1, 0.15) is 25.3 Å². The number of carboxylic acids is 1. The van der Waals surface area contributed by atoms with E-state index in [1.165, 1.54) is 4.90 Å². The summed E-state index contributed by atoms with van der Waals surface area (Å²) < 4.78 is 19.1. The fourth-order valence-electron chi connectivity index (χ4n) is 8.78. The van der Waals surface area contributed by atoms with E-state index in [4.69, 9.17) is 25.8 Å². The number of amides is 3. The van der Waals surface area contributed by atoms with Gasteiger partial charge < -0.3 is 34.9 Å². The van der Waals surface area contributed by atoms with Crippen molar-refractivity contribution >= 4 is 29.5 Å². The minimum Gasteiger partial charge on any atom is -0.493 e. The summed E-state index contributed by atoms with van der Waals surface area (Å²) in [4.78, 5) is 47.1. The van der Waals surface area contributed by atoms with Gasteiger partial charge in [-0.2, -0.15) is 0 Å². The number of benzene rings is 4. The number of halogens is 1. The van der Waals surface area contributed by atoms with Gasteiger partial charge in [-0.25, -0.2) is 9.59 Å². The van der Waals surface area contributed by atoms with E-state index in [2.05, 4.69) is 34.7 Å². The zero-order valence-electron chi connectivity index (χ0n) is 36.7. The monoisotopic (exact) mass is 880 g/mol. The Kier molecular flexibility index (Phi) is 13.1. The number of aliphatic carboxylic acids is 1. The van der Waals surface area contributed by atoms with E-state index in [1.807, 2.05) is 119 Å². The van der Waals surface area contributed by atoms with Crippen LogP contribution in [0.1, 0.15) is 70.9 Å². The van der Waals surface area contributed by atoms with Gasteiger partial charge in [-0.15, -0.1) is 0 Å². The summed E-state index contributed by atoms with van der Waals surface area (Å²) in [5.74, 6) is 0.382. The molecule has 4 aromatic carbocycles. The van der Waals surface area contributed by atoms with Crippen LogP contribution in [-0.4, -0.2) is 57.7 Å².